The van der Waals surface area contributed by atoms with Crippen LogP contribution in [0, 0.1) is 5.92 Å². The zero-order valence-electron chi connectivity index (χ0n) is 16.0. The van der Waals surface area contributed by atoms with Crippen molar-refractivity contribution in [3.63, 3.8) is 0 Å². The van der Waals surface area contributed by atoms with Crippen LogP contribution in [0.1, 0.15) is 35.8 Å². The van der Waals surface area contributed by atoms with Gasteiger partial charge in [0.2, 0.25) is 5.89 Å². The summed E-state index contributed by atoms with van der Waals surface area (Å²) in [6.45, 7) is 9.69. The molecule has 0 aliphatic carbocycles. The maximum Gasteiger partial charge on any atom is 0.273 e. The van der Waals surface area contributed by atoms with Gasteiger partial charge in [0, 0.05) is 44.8 Å². The normalized spacial score (nSPS) is 16.0. The number of oxazole rings is 1. The minimum atomic E-state index is -0.189. The number of nitrogens with zero attached hydrogens (tertiary/aromatic N) is 3. The van der Waals surface area contributed by atoms with E-state index >= 15 is 0 Å². The van der Waals surface area contributed by atoms with E-state index in [4.69, 9.17) is 4.42 Å². The van der Waals surface area contributed by atoms with Crippen LogP contribution in [0.15, 0.2) is 34.9 Å². The number of benzene rings is 1. The number of phenols is 1. The van der Waals surface area contributed by atoms with Crippen molar-refractivity contribution in [3.8, 4) is 5.75 Å². The van der Waals surface area contributed by atoms with Gasteiger partial charge in [-0.3, -0.25) is 14.6 Å². The molecule has 146 valence electrons. The van der Waals surface area contributed by atoms with Crippen LogP contribution >= 0.6 is 0 Å². The molecule has 0 unspecified atom stereocenters. The molecular weight excluding hydrogens is 344 g/mol. The number of nitrogens with one attached hydrogen (secondary N) is 1. The van der Waals surface area contributed by atoms with E-state index in [9.17, 15) is 9.90 Å². The van der Waals surface area contributed by atoms with Gasteiger partial charge in [0.05, 0.1) is 6.54 Å². The van der Waals surface area contributed by atoms with E-state index in [2.05, 4.69) is 20.1 Å². The van der Waals surface area contributed by atoms with E-state index in [1.165, 1.54) is 6.26 Å². The fourth-order valence-electron chi connectivity index (χ4n) is 3.06. The number of rotatable bonds is 7. The van der Waals surface area contributed by atoms with E-state index in [1.807, 2.05) is 32.0 Å². The maximum absolute atomic E-state index is 12.0. The second-order valence-corrected chi connectivity index (χ2v) is 7.41. The SMILES string of the molecule is CC(C)CNC(=O)c1coc(CN2CCN(Cc3ccccc3O)CC2)n1. The zero-order chi connectivity index (χ0) is 19.2. The second-order valence-electron chi connectivity index (χ2n) is 7.41. The van der Waals surface area contributed by atoms with Crippen molar-refractivity contribution in [1.29, 1.82) is 0 Å². The summed E-state index contributed by atoms with van der Waals surface area (Å²) in [7, 11) is 0. The molecule has 7 heteroatoms. The zero-order valence-corrected chi connectivity index (χ0v) is 16.0. The lowest BCUT2D eigenvalue weighted by molar-refractivity contribution is 0.0943. The first-order valence-electron chi connectivity index (χ1n) is 9.45. The van der Waals surface area contributed by atoms with Gasteiger partial charge in [0.25, 0.3) is 5.91 Å². The first kappa shape index (κ1) is 19.4. The number of phenolic OH excluding ortho intramolecular Hbond substituents is 1. The highest BCUT2D eigenvalue weighted by Gasteiger charge is 2.20. The van der Waals surface area contributed by atoms with Gasteiger partial charge in [0.1, 0.15) is 12.0 Å². The smallest absolute Gasteiger partial charge is 0.273 e. The number of aromatic hydroxyl groups is 1. The molecule has 0 radical (unpaired) electrons. The Labute approximate surface area is 160 Å². The first-order chi connectivity index (χ1) is 13.0. The molecule has 0 atom stereocenters. The molecule has 1 amide bonds. The van der Waals surface area contributed by atoms with Crippen LogP contribution in [0.4, 0.5) is 0 Å². The topological polar surface area (TPSA) is 81.8 Å². The number of hydrogen-bond acceptors (Lipinski definition) is 6. The Morgan fingerprint density at radius 3 is 2.52 bits per heavy atom. The highest BCUT2D eigenvalue weighted by atomic mass is 16.3. The number of aromatic nitrogens is 1. The number of hydrogen-bond donors (Lipinski definition) is 2. The van der Waals surface area contributed by atoms with Crippen LogP contribution in [-0.4, -0.2) is 58.5 Å². The van der Waals surface area contributed by atoms with E-state index in [0.29, 0.717) is 36.3 Å². The average Bonchev–Trinajstić information content (AvgIpc) is 3.12. The summed E-state index contributed by atoms with van der Waals surface area (Å²) in [5, 5.41) is 12.8. The van der Waals surface area contributed by atoms with Gasteiger partial charge in [-0.15, -0.1) is 0 Å². The quantitative estimate of drug-likeness (QED) is 0.774. The third-order valence-corrected chi connectivity index (χ3v) is 4.66. The molecule has 0 saturated carbocycles. The predicted molar refractivity (Wildman–Crippen MR) is 102 cm³/mol. The molecule has 27 heavy (non-hydrogen) atoms. The Morgan fingerprint density at radius 1 is 1.19 bits per heavy atom. The summed E-state index contributed by atoms with van der Waals surface area (Å²) in [6.07, 6.45) is 1.43. The van der Waals surface area contributed by atoms with Gasteiger partial charge in [-0.2, -0.15) is 0 Å². The minimum Gasteiger partial charge on any atom is -0.508 e. The molecule has 2 N–H and O–H groups in total. The number of amides is 1. The molecule has 1 saturated heterocycles. The molecule has 0 spiro atoms. The standard InChI is InChI=1S/C20H28N4O3/c1-15(2)11-21-20(26)17-14-27-19(22-17)13-24-9-7-23(8-10-24)12-16-5-3-4-6-18(16)25/h3-6,14-15,25H,7-13H2,1-2H3,(H,21,26). The van der Waals surface area contributed by atoms with Gasteiger partial charge >= 0.3 is 0 Å². The van der Waals surface area contributed by atoms with Gasteiger partial charge in [-0.25, -0.2) is 4.98 Å². The number of carbonyl (C=O) groups is 1. The van der Waals surface area contributed by atoms with Gasteiger partial charge in [-0.05, 0) is 12.0 Å². The van der Waals surface area contributed by atoms with Crippen LogP contribution in [0.25, 0.3) is 0 Å². The van der Waals surface area contributed by atoms with Gasteiger partial charge in [-0.1, -0.05) is 32.0 Å². The fourth-order valence-corrected chi connectivity index (χ4v) is 3.06. The number of carbonyl (C=O) groups excluding carboxylic acids is 1. The lowest BCUT2D eigenvalue weighted by Crippen LogP contribution is -2.45. The summed E-state index contributed by atoms with van der Waals surface area (Å²) in [6, 6.07) is 7.47. The molecule has 1 aromatic carbocycles. The van der Waals surface area contributed by atoms with Crippen molar-refractivity contribution in [1.82, 2.24) is 20.1 Å². The highest BCUT2D eigenvalue weighted by Crippen LogP contribution is 2.19. The average molecular weight is 372 g/mol. The van der Waals surface area contributed by atoms with Crippen molar-refractivity contribution in [2.24, 2.45) is 5.92 Å². The molecule has 1 aliphatic rings. The second kappa shape index (κ2) is 9.01. The molecule has 2 aromatic rings. The van der Waals surface area contributed by atoms with E-state index in [1.54, 1.807) is 6.07 Å². The van der Waals surface area contributed by atoms with Crippen molar-refractivity contribution >= 4 is 5.91 Å². The van der Waals surface area contributed by atoms with Crippen molar-refractivity contribution in [2.45, 2.75) is 26.9 Å². The fraction of sp³-hybridized carbons (Fsp3) is 0.500. The molecule has 7 nitrogen and oxygen atoms in total. The van der Waals surface area contributed by atoms with Gasteiger partial charge in [0.15, 0.2) is 5.69 Å². The Kier molecular flexibility index (Phi) is 6.47. The summed E-state index contributed by atoms with van der Waals surface area (Å²) < 4.78 is 5.47. The molecule has 3 rings (SSSR count). The van der Waals surface area contributed by atoms with Crippen molar-refractivity contribution in [3.05, 3.63) is 47.7 Å². The van der Waals surface area contributed by atoms with Crippen LogP contribution in [0.3, 0.4) is 0 Å². The number of para-hydroxylation sites is 1. The van der Waals surface area contributed by atoms with Gasteiger partial charge < -0.3 is 14.8 Å². The summed E-state index contributed by atoms with van der Waals surface area (Å²) in [5.74, 6) is 1.13. The Balaban J connectivity index is 1.45. The maximum atomic E-state index is 12.0. The van der Waals surface area contributed by atoms with Crippen LogP contribution < -0.4 is 5.32 Å². The third-order valence-electron chi connectivity index (χ3n) is 4.66. The van der Waals surface area contributed by atoms with Crippen molar-refractivity contribution in [2.75, 3.05) is 32.7 Å². The molecule has 1 aliphatic heterocycles. The molecule has 1 fully saturated rings. The lowest BCUT2D eigenvalue weighted by atomic mass is 10.1. The Bertz CT molecular complexity index is 751. The van der Waals surface area contributed by atoms with Crippen molar-refractivity contribution < 1.29 is 14.3 Å². The molecule has 2 heterocycles. The van der Waals surface area contributed by atoms with E-state index < -0.39 is 0 Å². The Morgan fingerprint density at radius 2 is 1.85 bits per heavy atom. The van der Waals surface area contributed by atoms with E-state index in [-0.39, 0.29) is 5.91 Å². The first-order valence-corrected chi connectivity index (χ1v) is 9.45. The monoisotopic (exact) mass is 372 g/mol. The van der Waals surface area contributed by atoms with Crippen LogP contribution in [0.5, 0.6) is 5.75 Å². The third kappa shape index (κ3) is 5.55. The van der Waals surface area contributed by atoms with Crippen LogP contribution in [-0.2, 0) is 13.1 Å². The molecule has 0 bridgehead atoms. The van der Waals surface area contributed by atoms with Crippen LogP contribution in [0.2, 0.25) is 0 Å². The summed E-state index contributed by atoms with van der Waals surface area (Å²) in [5.41, 5.74) is 1.29. The minimum absolute atomic E-state index is 0.189. The molecular formula is C20H28N4O3. The summed E-state index contributed by atoms with van der Waals surface area (Å²) >= 11 is 0. The highest BCUT2D eigenvalue weighted by molar-refractivity contribution is 5.91. The summed E-state index contributed by atoms with van der Waals surface area (Å²) in [4.78, 5) is 20.9. The lowest BCUT2D eigenvalue weighted by Gasteiger charge is -2.34. The largest absolute Gasteiger partial charge is 0.508 e. The molecule has 1 aromatic heterocycles. The Hall–Kier alpha value is -2.38. The predicted octanol–water partition coefficient (Wildman–Crippen LogP) is 2.08. The van der Waals surface area contributed by atoms with E-state index in [0.717, 1.165) is 38.3 Å². The number of piperazine rings is 1.